The molecule has 1 aromatic rings. The van der Waals surface area contributed by atoms with E-state index < -0.39 is 0 Å². The number of nitrogens with zero attached hydrogens (tertiary/aromatic N) is 3. The lowest BCUT2D eigenvalue weighted by Crippen LogP contribution is -2.31. The van der Waals surface area contributed by atoms with Crippen molar-refractivity contribution in [3.05, 3.63) is 5.82 Å². The van der Waals surface area contributed by atoms with Crippen LogP contribution in [0.5, 0.6) is 0 Å². The Kier molecular flexibility index (Phi) is 5.15. The van der Waals surface area contributed by atoms with Crippen molar-refractivity contribution in [2.45, 2.75) is 39.7 Å². The molecule has 1 unspecified atom stereocenters. The molecule has 1 aromatic heterocycles. The first-order valence-electron chi connectivity index (χ1n) is 5.83. The minimum atomic E-state index is 0.265. The smallest absolute Gasteiger partial charge is 0.204 e. The van der Waals surface area contributed by atoms with Gasteiger partial charge in [-0.3, -0.25) is 0 Å². The summed E-state index contributed by atoms with van der Waals surface area (Å²) >= 11 is 1.47. The molecule has 0 spiro atoms. The Labute approximate surface area is 102 Å². The van der Waals surface area contributed by atoms with Crippen molar-refractivity contribution in [2.75, 3.05) is 18.5 Å². The van der Waals surface area contributed by atoms with Gasteiger partial charge in [-0.15, -0.1) is 0 Å². The zero-order valence-electron chi connectivity index (χ0n) is 10.6. The second kappa shape index (κ2) is 6.15. The highest BCUT2D eigenvalue weighted by atomic mass is 32.1. The van der Waals surface area contributed by atoms with Crippen molar-refractivity contribution in [1.29, 1.82) is 0 Å². The maximum absolute atomic E-state index is 6.01. The van der Waals surface area contributed by atoms with E-state index >= 15 is 0 Å². The van der Waals surface area contributed by atoms with Gasteiger partial charge in [0.2, 0.25) is 5.13 Å². The first kappa shape index (κ1) is 13.4. The molecule has 16 heavy (non-hydrogen) atoms. The van der Waals surface area contributed by atoms with Gasteiger partial charge in [0.15, 0.2) is 0 Å². The molecule has 0 bridgehead atoms. The van der Waals surface area contributed by atoms with E-state index in [1.54, 1.807) is 0 Å². The molecule has 4 nitrogen and oxygen atoms in total. The number of aryl methyl sites for hydroxylation is 1. The van der Waals surface area contributed by atoms with Crippen LogP contribution in [0.15, 0.2) is 0 Å². The van der Waals surface area contributed by atoms with Gasteiger partial charge in [0.1, 0.15) is 5.82 Å². The van der Waals surface area contributed by atoms with E-state index in [-0.39, 0.29) is 6.04 Å². The van der Waals surface area contributed by atoms with Gasteiger partial charge in [0, 0.05) is 37.6 Å². The van der Waals surface area contributed by atoms with Gasteiger partial charge in [-0.1, -0.05) is 20.8 Å². The van der Waals surface area contributed by atoms with E-state index in [9.17, 15) is 0 Å². The fourth-order valence-corrected chi connectivity index (χ4v) is 2.05. The third kappa shape index (κ3) is 3.72. The van der Waals surface area contributed by atoms with E-state index in [1.165, 1.54) is 11.5 Å². The van der Waals surface area contributed by atoms with Gasteiger partial charge in [0.05, 0.1) is 0 Å². The van der Waals surface area contributed by atoms with E-state index in [2.05, 4.69) is 35.0 Å². The first-order chi connectivity index (χ1) is 7.54. The van der Waals surface area contributed by atoms with E-state index in [1.807, 2.05) is 7.05 Å². The Morgan fingerprint density at radius 3 is 2.62 bits per heavy atom. The van der Waals surface area contributed by atoms with Crippen LogP contribution in [0.25, 0.3) is 0 Å². The Balaban J connectivity index is 2.43. The summed E-state index contributed by atoms with van der Waals surface area (Å²) in [6.07, 6.45) is 1.89. The van der Waals surface area contributed by atoms with Crippen molar-refractivity contribution >= 4 is 16.7 Å². The van der Waals surface area contributed by atoms with Crippen LogP contribution < -0.4 is 10.6 Å². The SMILES string of the molecule is CCc1nsc(N(C)CCC(N)C(C)C)n1. The lowest BCUT2D eigenvalue weighted by molar-refractivity contribution is 0.466. The highest BCUT2D eigenvalue weighted by molar-refractivity contribution is 7.09. The Hall–Kier alpha value is -0.680. The second-order valence-corrected chi connectivity index (χ2v) is 5.20. The molecular weight excluding hydrogens is 220 g/mol. The summed E-state index contributed by atoms with van der Waals surface area (Å²) in [5.74, 6) is 1.47. The monoisotopic (exact) mass is 242 g/mol. The van der Waals surface area contributed by atoms with Crippen molar-refractivity contribution < 1.29 is 0 Å². The van der Waals surface area contributed by atoms with Crippen LogP contribution in [-0.4, -0.2) is 29.0 Å². The normalized spacial score (nSPS) is 13.1. The van der Waals surface area contributed by atoms with E-state index in [0.717, 1.165) is 30.3 Å². The standard InChI is InChI=1S/C11H22N4S/c1-5-10-13-11(16-14-10)15(4)7-6-9(12)8(2)3/h8-9H,5-7,12H2,1-4H3. The predicted molar refractivity (Wildman–Crippen MR) is 70.0 cm³/mol. The highest BCUT2D eigenvalue weighted by Crippen LogP contribution is 2.16. The molecule has 2 N–H and O–H groups in total. The van der Waals surface area contributed by atoms with Crippen LogP contribution >= 0.6 is 11.5 Å². The van der Waals surface area contributed by atoms with Crippen molar-refractivity contribution in [1.82, 2.24) is 9.36 Å². The van der Waals surface area contributed by atoms with Crippen molar-refractivity contribution in [2.24, 2.45) is 11.7 Å². The summed E-state index contributed by atoms with van der Waals surface area (Å²) in [6.45, 7) is 7.33. The minimum Gasteiger partial charge on any atom is -0.350 e. The molecule has 5 heteroatoms. The lowest BCUT2D eigenvalue weighted by Gasteiger charge is -2.20. The number of hydrogen-bond donors (Lipinski definition) is 1. The van der Waals surface area contributed by atoms with Gasteiger partial charge < -0.3 is 10.6 Å². The Morgan fingerprint density at radius 2 is 2.12 bits per heavy atom. The van der Waals surface area contributed by atoms with Gasteiger partial charge in [-0.25, -0.2) is 4.98 Å². The summed E-state index contributed by atoms with van der Waals surface area (Å²) in [5.41, 5.74) is 6.01. The zero-order valence-corrected chi connectivity index (χ0v) is 11.4. The van der Waals surface area contributed by atoms with Crippen LogP contribution in [0.3, 0.4) is 0 Å². The molecule has 0 aromatic carbocycles. The van der Waals surface area contributed by atoms with Gasteiger partial charge >= 0.3 is 0 Å². The number of rotatable bonds is 6. The molecule has 1 atom stereocenters. The fourth-order valence-electron chi connectivity index (χ4n) is 1.32. The Morgan fingerprint density at radius 1 is 1.44 bits per heavy atom. The maximum Gasteiger partial charge on any atom is 0.204 e. The quantitative estimate of drug-likeness (QED) is 0.828. The molecule has 92 valence electrons. The minimum absolute atomic E-state index is 0.265. The molecule has 0 aliphatic rings. The van der Waals surface area contributed by atoms with E-state index in [0.29, 0.717) is 5.92 Å². The zero-order chi connectivity index (χ0) is 12.1. The molecule has 0 saturated carbocycles. The number of aromatic nitrogens is 2. The lowest BCUT2D eigenvalue weighted by atomic mass is 10.0. The molecule has 0 fully saturated rings. The molecule has 0 saturated heterocycles. The van der Waals surface area contributed by atoms with Gasteiger partial charge in [-0.05, 0) is 12.3 Å². The number of hydrogen-bond acceptors (Lipinski definition) is 5. The van der Waals surface area contributed by atoms with Gasteiger partial charge in [-0.2, -0.15) is 4.37 Å². The fraction of sp³-hybridized carbons (Fsp3) is 0.818. The summed E-state index contributed by atoms with van der Waals surface area (Å²) in [5, 5.41) is 0.993. The molecule has 1 heterocycles. The maximum atomic E-state index is 6.01. The van der Waals surface area contributed by atoms with Crippen LogP contribution in [0.1, 0.15) is 33.0 Å². The topological polar surface area (TPSA) is 55.0 Å². The third-order valence-electron chi connectivity index (χ3n) is 2.75. The average molecular weight is 242 g/mol. The van der Waals surface area contributed by atoms with Crippen molar-refractivity contribution in [3.8, 4) is 0 Å². The Bertz CT molecular complexity index is 311. The van der Waals surface area contributed by atoms with Crippen LogP contribution in [-0.2, 0) is 6.42 Å². The summed E-state index contributed by atoms with van der Waals surface area (Å²) in [7, 11) is 2.05. The molecule has 0 amide bonds. The molecule has 0 aliphatic heterocycles. The van der Waals surface area contributed by atoms with Gasteiger partial charge in [0.25, 0.3) is 0 Å². The molecule has 1 rings (SSSR count). The predicted octanol–water partition coefficient (Wildman–Crippen LogP) is 1.91. The van der Waals surface area contributed by atoms with Crippen LogP contribution in [0.4, 0.5) is 5.13 Å². The molecule has 0 aliphatic carbocycles. The van der Waals surface area contributed by atoms with Crippen LogP contribution in [0, 0.1) is 5.92 Å². The summed E-state index contributed by atoms with van der Waals surface area (Å²) < 4.78 is 4.28. The van der Waals surface area contributed by atoms with Crippen LogP contribution in [0.2, 0.25) is 0 Å². The number of anilines is 1. The summed E-state index contributed by atoms with van der Waals surface area (Å²) in [4.78, 5) is 6.58. The van der Waals surface area contributed by atoms with E-state index in [4.69, 9.17) is 5.73 Å². The summed E-state index contributed by atoms with van der Waals surface area (Å²) in [6, 6.07) is 0.265. The molecular formula is C11H22N4S. The molecule has 0 radical (unpaired) electrons. The average Bonchev–Trinajstić information content (AvgIpc) is 2.73. The largest absolute Gasteiger partial charge is 0.350 e. The highest BCUT2D eigenvalue weighted by Gasteiger charge is 2.11. The third-order valence-corrected chi connectivity index (χ3v) is 3.62. The first-order valence-corrected chi connectivity index (χ1v) is 6.61. The van der Waals surface area contributed by atoms with Crippen molar-refractivity contribution in [3.63, 3.8) is 0 Å². The number of nitrogens with two attached hydrogens (primary N) is 1. The second-order valence-electron chi connectivity index (χ2n) is 4.46.